The van der Waals surface area contributed by atoms with Crippen LogP contribution < -0.4 is 0 Å². The largest absolute Gasteiger partial charge is 0.466 e. The quantitative estimate of drug-likeness (QED) is 0.439. The number of methoxy groups -OCH3 is 1. The summed E-state index contributed by atoms with van der Waals surface area (Å²) < 4.78 is 4.69. The third kappa shape index (κ3) is 3.09. The molecule has 0 N–H and O–H groups in total. The lowest BCUT2D eigenvalue weighted by atomic mass is 10.0. The fraction of sp³-hybridized carbons (Fsp3) is 0.214. The first kappa shape index (κ1) is 12.2. The molecule has 0 radical (unpaired) electrons. The van der Waals surface area contributed by atoms with Gasteiger partial charge in [-0.3, -0.25) is 0 Å². The highest BCUT2D eigenvalue weighted by molar-refractivity contribution is 5.89. The van der Waals surface area contributed by atoms with Gasteiger partial charge in [0.05, 0.1) is 7.11 Å². The Morgan fingerprint density at radius 3 is 2.50 bits per heavy atom. The van der Waals surface area contributed by atoms with E-state index in [0.29, 0.717) is 12.0 Å². The van der Waals surface area contributed by atoms with Crippen molar-refractivity contribution in [3.8, 4) is 0 Å². The molecule has 1 rings (SSSR count). The van der Waals surface area contributed by atoms with Crippen molar-refractivity contribution in [2.45, 2.75) is 13.3 Å². The molecular formula is C14H16O2. The van der Waals surface area contributed by atoms with Gasteiger partial charge < -0.3 is 4.74 Å². The highest BCUT2D eigenvalue weighted by Crippen LogP contribution is 2.14. The Hall–Kier alpha value is -1.83. The van der Waals surface area contributed by atoms with Crippen LogP contribution in [-0.4, -0.2) is 13.1 Å². The molecular weight excluding hydrogens is 200 g/mol. The highest BCUT2D eigenvalue weighted by atomic mass is 16.5. The molecule has 0 aliphatic rings. The Morgan fingerprint density at radius 1 is 1.38 bits per heavy atom. The number of ether oxygens (including phenoxy) is 1. The zero-order chi connectivity index (χ0) is 12.0. The zero-order valence-corrected chi connectivity index (χ0v) is 9.69. The van der Waals surface area contributed by atoms with Gasteiger partial charge in [0.15, 0.2) is 0 Å². The second kappa shape index (κ2) is 5.91. The fourth-order valence-corrected chi connectivity index (χ4v) is 1.46. The van der Waals surface area contributed by atoms with Crippen LogP contribution in [0.1, 0.15) is 12.5 Å². The number of carbonyl (C=O) groups excluding carboxylic acids is 1. The van der Waals surface area contributed by atoms with Crippen LogP contribution in [0.2, 0.25) is 0 Å². The minimum atomic E-state index is -0.300. The minimum absolute atomic E-state index is 0.300. The summed E-state index contributed by atoms with van der Waals surface area (Å²) in [6.07, 6.45) is 2.41. The van der Waals surface area contributed by atoms with Crippen molar-refractivity contribution >= 4 is 5.97 Å². The summed E-state index contributed by atoms with van der Waals surface area (Å²) in [4.78, 5) is 11.4. The van der Waals surface area contributed by atoms with Gasteiger partial charge >= 0.3 is 5.97 Å². The molecule has 0 heterocycles. The molecule has 0 saturated heterocycles. The molecule has 0 aliphatic heterocycles. The van der Waals surface area contributed by atoms with Gasteiger partial charge in [-0.25, -0.2) is 4.79 Å². The van der Waals surface area contributed by atoms with Gasteiger partial charge in [0, 0.05) is 5.57 Å². The fourth-order valence-electron chi connectivity index (χ4n) is 1.46. The van der Waals surface area contributed by atoms with E-state index in [4.69, 9.17) is 0 Å². The monoisotopic (exact) mass is 216 g/mol. The van der Waals surface area contributed by atoms with E-state index in [1.165, 1.54) is 7.11 Å². The number of carbonyl (C=O) groups is 1. The van der Waals surface area contributed by atoms with Gasteiger partial charge in [0.25, 0.3) is 0 Å². The van der Waals surface area contributed by atoms with Crippen LogP contribution in [0.3, 0.4) is 0 Å². The lowest BCUT2D eigenvalue weighted by Crippen LogP contribution is -2.05. The molecule has 0 aliphatic carbocycles. The van der Waals surface area contributed by atoms with Crippen LogP contribution in [0.15, 0.2) is 54.1 Å². The molecule has 0 aromatic heterocycles. The molecule has 0 spiro atoms. The van der Waals surface area contributed by atoms with Crippen LogP contribution in [0.5, 0.6) is 0 Å². The summed E-state index contributed by atoms with van der Waals surface area (Å²) in [5, 5.41) is 0. The normalized spacial score (nSPS) is 11.6. The molecule has 0 unspecified atom stereocenters. The average Bonchev–Trinajstić information content (AvgIpc) is 2.35. The number of esters is 1. The van der Waals surface area contributed by atoms with Crippen molar-refractivity contribution in [3.63, 3.8) is 0 Å². The minimum Gasteiger partial charge on any atom is -0.466 e. The van der Waals surface area contributed by atoms with E-state index >= 15 is 0 Å². The van der Waals surface area contributed by atoms with E-state index < -0.39 is 0 Å². The van der Waals surface area contributed by atoms with E-state index in [9.17, 15) is 4.79 Å². The average molecular weight is 216 g/mol. The lowest BCUT2D eigenvalue weighted by Gasteiger charge is -2.07. The van der Waals surface area contributed by atoms with Crippen LogP contribution in [-0.2, 0) is 16.0 Å². The Morgan fingerprint density at radius 2 is 2.00 bits per heavy atom. The standard InChI is InChI=1S/C14H16O2/c1-4-13(11(2)14(15)16-3)10-12-8-6-5-7-9-12/h4-9H,1,10H2,2-3H3. The first-order chi connectivity index (χ1) is 7.69. The number of hydrogen-bond acceptors (Lipinski definition) is 2. The molecule has 0 saturated carbocycles. The highest BCUT2D eigenvalue weighted by Gasteiger charge is 2.08. The lowest BCUT2D eigenvalue weighted by molar-refractivity contribution is -0.136. The van der Waals surface area contributed by atoms with Crippen molar-refractivity contribution < 1.29 is 9.53 Å². The Bertz CT molecular complexity index is 402. The van der Waals surface area contributed by atoms with Gasteiger partial charge in [-0.05, 0) is 24.5 Å². The summed E-state index contributed by atoms with van der Waals surface area (Å²) >= 11 is 0. The third-order valence-corrected chi connectivity index (χ3v) is 2.46. The van der Waals surface area contributed by atoms with E-state index in [-0.39, 0.29) is 5.97 Å². The van der Waals surface area contributed by atoms with Crippen molar-refractivity contribution in [3.05, 3.63) is 59.7 Å². The first-order valence-electron chi connectivity index (χ1n) is 5.13. The number of rotatable bonds is 4. The molecule has 0 bridgehead atoms. The van der Waals surface area contributed by atoms with Crippen molar-refractivity contribution in [2.75, 3.05) is 7.11 Å². The van der Waals surface area contributed by atoms with Crippen LogP contribution in [0, 0.1) is 0 Å². The smallest absolute Gasteiger partial charge is 0.333 e. The Kier molecular flexibility index (Phi) is 4.52. The summed E-state index contributed by atoms with van der Waals surface area (Å²) in [5.74, 6) is -0.300. The molecule has 2 heteroatoms. The third-order valence-electron chi connectivity index (χ3n) is 2.46. The van der Waals surface area contributed by atoms with E-state index in [1.54, 1.807) is 13.0 Å². The van der Waals surface area contributed by atoms with Crippen molar-refractivity contribution in [1.82, 2.24) is 0 Å². The summed E-state index contributed by atoms with van der Waals surface area (Å²) in [6, 6.07) is 9.96. The van der Waals surface area contributed by atoms with Gasteiger partial charge in [-0.1, -0.05) is 43.0 Å². The molecule has 1 aromatic rings. The molecule has 1 aromatic carbocycles. The van der Waals surface area contributed by atoms with E-state index in [2.05, 4.69) is 11.3 Å². The van der Waals surface area contributed by atoms with E-state index in [1.807, 2.05) is 30.3 Å². The molecule has 16 heavy (non-hydrogen) atoms. The maximum Gasteiger partial charge on any atom is 0.333 e. The maximum atomic E-state index is 11.4. The molecule has 0 amide bonds. The summed E-state index contributed by atoms with van der Waals surface area (Å²) in [5.41, 5.74) is 2.67. The zero-order valence-electron chi connectivity index (χ0n) is 9.69. The number of allylic oxidation sites excluding steroid dienone is 2. The van der Waals surface area contributed by atoms with Crippen LogP contribution in [0.25, 0.3) is 0 Å². The van der Waals surface area contributed by atoms with Gasteiger partial charge in [0.2, 0.25) is 0 Å². The number of benzene rings is 1. The maximum absolute atomic E-state index is 11.4. The number of hydrogen-bond donors (Lipinski definition) is 0. The van der Waals surface area contributed by atoms with Gasteiger partial charge in [-0.15, -0.1) is 0 Å². The Balaban J connectivity index is 2.92. The predicted octanol–water partition coefficient (Wildman–Crippen LogP) is 2.90. The summed E-state index contributed by atoms with van der Waals surface area (Å²) in [6.45, 7) is 5.49. The Labute approximate surface area is 96.2 Å². The SMILES string of the molecule is C=CC(Cc1ccccc1)=C(C)C(=O)OC. The van der Waals surface area contributed by atoms with Gasteiger partial charge in [-0.2, -0.15) is 0 Å². The molecule has 2 nitrogen and oxygen atoms in total. The second-order valence-corrected chi connectivity index (χ2v) is 3.51. The molecule has 0 fully saturated rings. The van der Waals surface area contributed by atoms with Crippen LogP contribution in [0.4, 0.5) is 0 Å². The van der Waals surface area contributed by atoms with Gasteiger partial charge in [0.1, 0.15) is 0 Å². The summed E-state index contributed by atoms with van der Waals surface area (Å²) in [7, 11) is 1.38. The van der Waals surface area contributed by atoms with Crippen molar-refractivity contribution in [1.29, 1.82) is 0 Å². The molecule has 84 valence electrons. The van der Waals surface area contributed by atoms with Crippen LogP contribution >= 0.6 is 0 Å². The van der Waals surface area contributed by atoms with Crippen molar-refractivity contribution in [2.24, 2.45) is 0 Å². The topological polar surface area (TPSA) is 26.3 Å². The first-order valence-corrected chi connectivity index (χ1v) is 5.13. The van der Waals surface area contributed by atoms with E-state index in [0.717, 1.165) is 11.1 Å². The predicted molar refractivity (Wildman–Crippen MR) is 65.1 cm³/mol. The second-order valence-electron chi connectivity index (χ2n) is 3.51. The molecule has 0 atom stereocenters.